The number of nitrogens with one attached hydrogen (secondary N) is 1. The number of nitrogens with zero attached hydrogens (tertiary/aromatic N) is 1. The number of carbonyl (C=O) groups excluding carboxylic acids is 1. The lowest BCUT2D eigenvalue weighted by Crippen LogP contribution is -2.40. The van der Waals surface area contributed by atoms with E-state index in [2.05, 4.69) is 5.32 Å². The molecule has 3 rings (SSSR count). The molecule has 180 valence electrons. The number of amides is 1. The molecule has 0 heterocycles. The summed E-state index contributed by atoms with van der Waals surface area (Å²) in [6, 6.07) is 16.0. The first-order chi connectivity index (χ1) is 16.3. The van der Waals surface area contributed by atoms with Gasteiger partial charge in [-0.1, -0.05) is 18.2 Å². The maximum atomic E-state index is 13.3. The smallest absolute Gasteiger partial charge is 0.264 e. The molecule has 0 aliphatic carbocycles. The third-order valence-electron chi connectivity index (χ3n) is 4.99. The summed E-state index contributed by atoms with van der Waals surface area (Å²) in [7, 11) is 0.302. The predicted molar refractivity (Wildman–Crippen MR) is 125 cm³/mol. The number of sulfonamides is 1. The monoisotopic (exact) mass is 488 g/mol. The molecule has 0 unspecified atom stereocenters. The van der Waals surface area contributed by atoms with E-state index in [1.54, 1.807) is 42.5 Å². The molecule has 0 aliphatic heterocycles. The van der Waals surface area contributed by atoms with Gasteiger partial charge in [-0.25, -0.2) is 12.8 Å². The van der Waals surface area contributed by atoms with E-state index in [4.69, 9.17) is 14.2 Å². The van der Waals surface area contributed by atoms with Crippen LogP contribution in [0.15, 0.2) is 71.6 Å². The summed E-state index contributed by atoms with van der Waals surface area (Å²) in [6.45, 7) is -0.430. The number of benzene rings is 3. The van der Waals surface area contributed by atoms with E-state index < -0.39 is 28.3 Å². The van der Waals surface area contributed by atoms with Crippen LogP contribution in [0.4, 0.5) is 10.1 Å². The first-order valence-electron chi connectivity index (χ1n) is 10.2. The first-order valence-corrected chi connectivity index (χ1v) is 11.6. The average molecular weight is 489 g/mol. The Morgan fingerprint density at radius 1 is 0.882 bits per heavy atom. The van der Waals surface area contributed by atoms with E-state index in [9.17, 15) is 17.6 Å². The van der Waals surface area contributed by atoms with Crippen LogP contribution in [0.2, 0.25) is 0 Å². The van der Waals surface area contributed by atoms with Gasteiger partial charge in [0, 0.05) is 12.1 Å². The minimum Gasteiger partial charge on any atom is -0.493 e. The lowest BCUT2D eigenvalue weighted by Gasteiger charge is -2.24. The van der Waals surface area contributed by atoms with Crippen LogP contribution in [-0.4, -0.2) is 42.2 Å². The Labute approximate surface area is 197 Å². The Morgan fingerprint density at radius 2 is 1.53 bits per heavy atom. The lowest BCUT2D eigenvalue weighted by molar-refractivity contribution is -0.119. The Bertz CT molecular complexity index is 1230. The molecular weight excluding hydrogens is 463 g/mol. The Kier molecular flexibility index (Phi) is 7.95. The highest BCUT2D eigenvalue weighted by molar-refractivity contribution is 7.92. The zero-order valence-electron chi connectivity index (χ0n) is 18.9. The number of para-hydroxylation sites is 1. The minimum absolute atomic E-state index is 0.0571. The van der Waals surface area contributed by atoms with Crippen LogP contribution in [-0.2, 0) is 21.4 Å². The number of methoxy groups -OCH3 is 3. The SMILES string of the molecule is COc1ccc(CNC(=O)CN(c2ccccc2)S(=O)(=O)c2ccc(F)cc2)c(OC)c1OC. The van der Waals surface area contributed by atoms with Crippen LogP contribution in [0.1, 0.15) is 5.56 Å². The number of halogens is 1. The summed E-state index contributed by atoms with van der Waals surface area (Å²) >= 11 is 0. The average Bonchev–Trinajstić information content (AvgIpc) is 2.85. The Hall–Kier alpha value is -3.79. The largest absolute Gasteiger partial charge is 0.493 e. The second-order valence-electron chi connectivity index (χ2n) is 7.07. The third-order valence-corrected chi connectivity index (χ3v) is 6.78. The van der Waals surface area contributed by atoms with Gasteiger partial charge in [0.1, 0.15) is 12.4 Å². The van der Waals surface area contributed by atoms with Gasteiger partial charge in [0.2, 0.25) is 11.7 Å². The molecule has 0 radical (unpaired) electrons. The number of carbonyl (C=O) groups is 1. The molecule has 10 heteroatoms. The van der Waals surface area contributed by atoms with Crippen LogP contribution in [0.5, 0.6) is 17.2 Å². The summed E-state index contributed by atoms with van der Waals surface area (Å²) in [4.78, 5) is 12.7. The van der Waals surface area contributed by atoms with Gasteiger partial charge in [0.25, 0.3) is 10.0 Å². The fourth-order valence-corrected chi connectivity index (χ4v) is 4.75. The van der Waals surface area contributed by atoms with Crippen LogP contribution < -0.4 is 23.8 Å². The molecule has 0 saturated heterocycles. The molecule has 3 aromatic rings. The van der Waals surface area contributed by atoms with Crippen molar-refractivity contribution in [2.45, 2.75) is 11.4 Å². The topological polar surface area (TPSA) is 94.2 Å². The maximum absolute atomic E-state index is 13.3. The molecule has 0 atom stereocenters. The zero-order chi connectivity index (χ0) is 24.7. The normalized spacial score (nSPS) is 10.9. The van der Waals surface area contributed by atoms with Gasteiger partial charge in [-0.05, 0) is 48.5 Å². The van der Waals surface area contributed by atoms with Crippen molar-refractivity contribution in [2.24, 2.45) is 0 Å². The van der Waals surface area contributed by atoms with Gasteiger partial charge in [0.15, 0.2) is 11.5 Å². The van der Waals surface area contributed by atoms with Gasteiger partial charge in [-0.3, -0.25) is 9.10 Å². The minimum atomic E-state index is -4.14. The number of rotatable bonds is 10. The van der Waals surface area contributed by atoms with Crippen LogP contribution in [0.3, 0.4) is 0 Å². The molecule has 0 spiro atoms. The molecule has 0 bridgehead atoms. The van der Waals surface area contributed by atoms with Crippen molar-refractivity contribution >= 4 is 21.6 Å². The molecule has 0 aromatic heterocycles. The highest BCUT2D eigenvalue weighted by Crippen LogP contribution is 2.39. The van der Waals surface area contributed by atoms with Crippen molar-refractivity contribution < 1.29 is 31.8 Å². The second kappa shape index (κ2) is 10.9. The Balaban J connectivity index is 1.84. The maximum Gasteiger partial charge on any atom is 0.264 e. The van der Waals surface area contributed by atoms with Crippen molar-refractivity contribution in [2.75, 3.05) is 32.2 Å². The molecule has 3 aromatic carbocycles. The lowest BCUT2D eigenvalue weighted by atomic mass is 10.1. The highest BCUT2D eigenvalue weighted by atomic mass is 32.2. The van der Waals surface area contributed by atoms with Crippen molar-refractivity contribution in [3.05, 3.63) is 78.1 Å². The fraction of sp³-hybridized carbons (Fsp3) is 0.208. The van der Waals surface area contributed by atoms with Gasteiger partial charge in [-0.2, -0.15) is 0 Å². The van der Waals surface area contributed by atoms with E-state index in [0.717, 1.165) is 28.6 Å². The van der Waals surface area contributed by atoms with Gasteiger partial charge in [-0.15, -0.1) is 0 Å². The molecule has 0 fully saturated rings. The molecule has 0 aliphatic rings. The van der Waals surface area contributed by atoms with E-state index >= 15 is 0 Å². The predicted octanol–water partition coefficient (Wildman–Crippen LogP) is 3.36. The van der Waals surface area contributed by atoms with E-state index in [-0.39, 0.29) is 11.4 Å². The number of hydrogen-bond acceptors (Lipinski definition) is 6. The number of hydrogen-bond donors (Lipinski definition) is 1. The van der Waals surface area contributed by atoms with Crippen LogP contribution in [0.25, 0.3) is 0 Å². The van der Waals surface area contributed by atoms with E-state index in [1.807, 2.05) is 0 Å². The van der Waals surface area contributed by atoms with Gasteiger partial charge < -0.3 is 19.5 Å². The van der Waals surface area contributed by atoms with Crippen molar-refractivity contribution in [1.29, 1.82) is 0 Å². The standard InChI is InChI=1S/C24H25FN2O6S/c1-31-21-14-9-17(23(32-2)24(21)33-3)15-26-22(28)16-27(19-7-5-4-6-8-19)34(29,30)20-12-10-18(25)11-13-20/h4-14H,15-16H2,1-3H3,(H,26,28). The molecular formula is C24H25FN2O6S. The fourth-order valence-electron chi connectivity index (χ4n) is 3.33. The molecule has 34 heavy (non-hydrogen) atoms. The molecule has 8 nitrogen and oxygen atoms in total. The first kappa shape index (κ1) is 24.8. The third kappa shape index (κ3) is 5.40. The molecule has 0 saturated carbocycles. The number of ether oxygens (including phenoxy) is 3. The summed E-state index contributed by atoms with van der Waals surface area (Å²) in [6.07, 6.45) is 0. The molecule has 1 amide bonds. The Morgan fingerprint density at radius 3 is 2.12 bits per heavy atom. The highest BCUT2D eigenvalue weighted by Gasteiger charge is 2.27. The second-order valence-corrected chi connectivity index (χ2v) is 8.93. The van der Waals surface area contributed by atoms with Gasteiger partial charge >= 0.3 is 0 Å². The summed E-state index contributed by atoms with van der Waals surface area (Å²) < 4.78 is 56.9. The van der Waals surface area contributed by atoms with Crippen molar-refractivity contribution in [1.82, 2.24) is 5.32 Å². The van der Waals surface area contributed by atoms with Gasteiger partial charge in [0.05, 0.1) is 31.9 Å². The van der Waals surface area contributed by atoms with E-state index in [0.29, 0.717) is 28.5 Å². The van der Waals surface area contributed by atoms with Crippen LogP contribution in [0, 0.1) is 5.82 Å². The van der Waals surface area contributed by atoms with Crippen molar-refractivity contribution in [3.8, 4) is 17.2 Å². The summed E-state index contributed by atoms with van der Waals surface area (Å²) in [5.74, 6) is 0.121. The zero-order valence-corrected chi connectivity index (χ0v) is 19.8. The summed E-state index contributed by atoms with van der Waals surface area (Å²) in [5.41, 5.74) is 0.909. The van der Waals surface area contributed by atoms with Crippen molar-refractivity contribution in [3.63, 3.8) is 0 Å². The molecule has 1 N–H and O–H groups in total. The van der Waals surface area contributed by atoms with E-state index in [1.165, 1.54) is 21.3 Å². The van der Waals surface area contributed by atoms with Crippen LogP contribution >= 0.6 is 0 Å². The quantitative estimate of drug-likeness (QED) is 0.470. The number of anilines is 1. The summed E-state index contributed by atoms with van der Waals surface area (Å²) in [5, 5.41) is 2.71.